The van der Waals surface area contributed by atoms with Gasteiger partial charge in [0.2, 0.25) is 0 Å². The van der Waals surface area contributed by atoms with Crippen molar-refractivity contribution in [2.75, 3.05) is 0 Å². The number of halogens is 1. The molecule has 15 heavy (non-hydrogen) atoms. The van der Waals surface area contributed by atoms with E-state index in [0.717, 1.165) is 11.6 Å². The van der Waals surface area contributed by atoms with E-state index in [-0.39, 0.29) is 0 Å². The van der Waals surface area contributed by atoms with Crippen LogP contribution >= 0.6 is 11.6 Å². The number of rotatable bonds is 5. The molecule has 0 heterocycles. The van der Waals surface area contributed by atoms with E-state index < -0.39 is 0 Å². The summed E-state index contributed by atoms with van der Waals surface area (Å²) in [6.07, 6.45) is 1.21. The first-order valence-corrected chi connectivity index (χ1v) is 5.99. The number of hydrogen-bond donors (Lipinski definition) is 1. The zero-order chi connectivity index (χ0) is 11.3. The molecule has 0 fully saturated rings. The molecule has 1 aromatic rings. The van der Waals surface area contributed by atoms with Gasteiger partial charge in [-0.05, 0) is 30.5 Å². The molecule has 0 radical (unpaired) electrons. The summed E-state index contributed by atoms with van der Waals surface area (Å²) >= 11 is 5.92. The number of hydrogen-bond acceptors (Lipinski definition) is 1. The van der Waals surface area contributed by atoms with Crippen LogP contribution in [-0.4, -0.2) is 6.04 Å². The van der Waals surface area contributed by atoms with Gasteiger partial charge in [0.05, 0.1) is 0 Å². The number of benzene rings is 1. The Morgan fingerprint density at radius 2 is 2.07 bits per heavy atom. The summed E-state index contributed by atoms with van der Waals surface area (Å²) in [6.45, 7) is 7.63. The lowest BCUT2D eigenvalue weighted by Crippen LogP contribution is -2.31. The second kappa shape index (κ2) is 6.14. The Labute approximate surface area is 97.8 Å². The molecule has 0 aliphatic heterocycles. The van der Waals surface area contributed by atoms with E-state index >= 15 is 0 Å². The highest BCUT2D eigenvalue weighted by atomic mass is 35.5. The molecular weight excluding hydrogens is 206 g/mol. The van der Waals surface area contributed by atoms with Crippen LogP contribution in [0.5, 0.6) is 0 Å². The molecule has 0 saturated carbocycles. The van der Waals surface area contributed by atoms with Gasteiger partial charge in [-0.3, -0.25) is 0 Å². The van der Waals surface area contributed by atoms with Gasteiger partial charge in [-0.2, -0.15) is 0 Å². The lowest BCUT2D eigenvalue weighted by Gasteiger charge is -2.19. The maximum absolute atomic E-state index is 5.92. The Hall–Kier alpha value is -0.530. The smallest absolute Gasteiger partial charge is 0.0409 e. The molecule has 0 spiro atoms. The molecular formula is C13H20ClN. The summed E-state index contributed by atoms with van der Waals surface area (Å²) in [5.74, 6) is 0.712. The van der Waals surface area contributed by atoms with Gasteiger partial charge in [0, 0.05) is 17.6 Å². The zero-order valence-electron chi connectivity index (χ0n) is 9.76. The highest BCUT2D eigenvalue weighted by Crippen LogP contribution is 2.12. The van der Waals surface area contributed by atoms with Gasteiger partial charge in [-0.15, -0.1) is 0 Å². The highest BCUT2D eigenvalue weighted by Gasteiger charge is 2.08. The minimum absolute atomic E-state index is 0.550. The van der Waals surface area contributed by atoms with E-state index in [0.29, 0.717) is 12.0 Å². The summed E-state index contributed by atoms with van der Waals surface area (Å²) < 4.78 is 0. The summed E-state index contributed by atoms with van der Waals surface area (Å²) in [5, 5.41) is 4.33. The van der Waals surface area contributed by atoms with Crippen molar-refractivity contribution >= 4 is 11.6 Å². The summed E-state index contributed by atoms with van der Waals surface area (Å²) in [5.41, 5.74) is 1.25. The third-order valence-electron chi connectivity index (χ3n) is 3.01. The molecule has 0 aromatic heterocycles. The average Bonchev–Trinajstić information content (AvgIpc) is 2.25. The second-order valence-corrected chi connectivity index (χ2v) is 4.62. The van der Waals surface area contributed by atoms with Crippen molar-refractivity contribution in [2.24, 2.45) is 5.92 Å². The van der Waals surface area contributed by atoms with Crippen molar-refractivity contribution in [3.8, 4) is 0 Å². The molecule has 1 rings (SSSR count). The van der Waals surface area contributed by atoms with E-state index in [4.69, 9.17) is 11.6 Å². The lowest BCUT2D eigenvalue weighted by molar-refractivity contribution is 0.389. The highest BCUT2D eigenvalue weighted by molar-refractivity contribution is 6.30. The third kappa shape index (κ3) is 4.23. The van der Waals surface area contributed by atoms with Gasteiger partial charge < -0.3 is 5.32 Å². The van der Waals surface area contributed by atoms with E-state index in [2.05, 4.69) is 32.2 Å². The Morgan fingerprint density at radius 1 is 1.33 bits per heavy atom. The summed E-state index contributed by atoms with van der Waals surface area (Å²) in [6, 6.07) is 8.56. The Balaban J connectivity index is 2.43. The minimum Gasteiger partial charge on any atom is -0.310 e. The lowest BCUT2D eigenvalue weighted by atomic mass is 10.0. The van der Waals surface area contributed by atoms with Crippen molar-refractivity contribution in [2.45, 2.75) is 39.8 Å². The maximum atomic E-state index is 5.92. The zero-order valence-corrected chi connectivity index (χ0v) is 10.5. The Kier molecular flexibility index (Phi) is 5.13. The third-order valence-corrected chi connectivity index (χ3v) is 3.25. The van der Waals surface area contributed by atoms with Crippen LogP contribution in [0.2, 0.25) is 5.02 Å². The van der Waals surface area contributed by atoms with Crippen LogP contribution in [0.15, 0.2) is 24.3 Å². The second-order valence-electron chi connectivity index (χ2n) is 4.19. The SMILES string of the molecule is CCC(C)C(C)NCc1cccc(Cl)c1. The van der Waals surface area contributed by atoms with E-state index in [1.165, 1.54) is 12.0 Å². The Morgan fingerprint density at radius 3 is 2.67 bits per heavy atom. The standard InChI is InChI=1S/C13H20ClN/c1-4-10(2)11(3)15-9-12-6-5-7-13(14)8-12/h5-8,10-11,15H,4,9H2,1-3H3. The van der Waals surface area contributed by atoms with Crippen molar-refractivity contribution in [1.82, 2.24) is 5.32 Å². The molecule has 1 aromatic carbocycles. The predicted octanol–water partition coefficient (Wildman–Crippen LogP) is 3.86. The fourth-order valence-electron chi connectivity index (χ4n) is 1.48. The van der Waals surface area contributed by atoms with E-state index in [9.17, 15) is 0 Å². The van der Waals surface area contributed by atoms with Crippen molar-refractivity contribution < 1.29 is 0 Å². The summed E-state index contributed by atoms with van der Waals surface area (Å²) in [7, 11) is 0. The fraction of sp³-hybridized carbons (Fsp3) is 0.538. The molecule has 84 valence electrons. The minimum atomic E-state index is 0.550. The van der Waals surface area contributed by atoms with Crippen molar-refractivity contribution in [3.63, 3.8) is 0 Å². The molecule has 0 aliphatic carbocycles. The van der Waals surface area contributed by atoms with Crippen LogP contribution in [0, 0.1) is 5.92 Å². The molecule has 1 N–H and O–H groups in total. The first-order chi connectivity index (χ1) is 7.13. The van der Waals surface area contributed by atoms with Gasteiger partial charge in [0.1, 0.15) is 0 Å². The van der Waals surface area contributed by atoms with Crippen LogP contribution in [0.3, 0.4) is 0 Å². The van der Waals surface area contributed by atoms with Gasteiger partial charge >= 0.3 is 0 Å². The van der Waals surface area contributed by atoms with Crippen LogP contribution in [-0.2, 0) is 6.54 Å². The molecule has 2 heteroatoms. The monoisotopic (exact) mass is 225 g/mol. The maximum Gasteiger partial charge on any atom is 0.0409 e. The van der Waals surface area contributed by atoms with E-state index in [1.807, 2.05) is 18.2 Å². The Bertz CT molecular complexity index is 298. The van der Waals surface area contributed by atoms with E-state index in [1.54, 1.807) is 0 Å². The van der Waals surface area contributed by atoms with Gasteiger partial charge in [-0.1, -0.05) is 44.0 Å². The number of nitrogens with one attached hydrogen (secondary N) is 1. The largest absolute Gasteiger partial charge is 0.310 e. The average molecular weight is 226 g/mol. The molecule has 2 atom stereocenters. The van der Waals surface area contributed by atoms with Gasteiger partial charge in [0.25, 0.3) is 0 Å². The van der Waals surface area contributed by atoms with Crippen LogP contribution in [0.4, 0.5) is 0 Å². The summed E-state index contributed by atoms with van der Waals surface area (Å²) in [4.78, 5) is 0. The molecule has 0 bridgehead atoms. The van der Waals surface area contributed by atoms with Gasteiger partial charge in [-0.25, -0.2) is 0 Å². The quantitative estimate of drug-likeness (QED) is 0.803. The fourth-order valence-corrected chi connectivity index (χ4v) is 1.69. The van der Waals surface area contributed by atoms with Gasteiger partial charge in [0.15, 0.2) is 0 Å². The normalized spacial score (nSPS) is 14.9. The van der Waals surface area contributed by atoms with Crippen molar-refractivity contribution in [3.05, 3.63) is 34.9 Å². The van der Waals surface area contributed by atoms with Crippen LogP contribution in [0.25, 0.3) is 0 Å². The van der Waals surface area contributed by atoms with Crippen LogP contribution < -0.4 is 5.32 Å². The molecule has 0 amide bonds. The van der Waals surface area contributed by atoms with Crippen molar-refractivity contribution in [1.29, 1.82) is 0 Å². The predicted molar refractivity (Wildman–Crippen MR) is 67.2 cm³/mol. The molecule has 2 unspecified atom stereocenters. The molecule has 0 aliphatic rings. The van der Waals surface area contributed by atoms with Crippen LogP contribution in [0.1, 0.15) is 32.8 Å². The first kappa shape index (κ1) is 12.5. The molecule has 0 saturated heterocycles. The first-order valence-electron chi connectivity index (χ1n) is 5.61. The molecule has 1 nitrogen and oxygen atoms in total. The topological polar surface area (TPSA) is 12.0 Å².